The van der Waals surface area contributed by atoms with Crippen molar-refractivity contribution < 1.29 is 28.2 Å². The highest BCUT2D eigenvalue weighted by Gasteiger charge is 2.46. The van der Waals surface area contributed by atoms with E-state index in [1.807, 2.05) is 0 Å². The van der Waals surface area contributed by atoms with Gasteiger partial charge in [-0.05, 0) is 24.1 Å². The maximum Gasteiger partial charge on any atom is 0.407 e. The number of methoxy groups -OCH3 is 1. The van der Waals surface area contributed by atoms with Gasteiger partial charge in [0, 0.05) is 6.54 Å². The van der Waals surface area contributed by atoms with Gasteiger partial charge < -0.3 is 14.7 Å². The molecule has 0 aromatic heterocycles. The van der Waals surface area contributed by atoms with Crippen molar-refractivity contribution in [3.05, 3.63) is 35.4 Å². The van der Waals surface area contributed by atoms with Gasteiger partial charge in [0.1, 0.15) is 0 Å². The Morgan fingerprint density at radius 2 is 1.95 bits per heavy atom. The fraction of sp³-hybridized carbons (Fsp3) is 0.429. The number of amides is 1. The zero-order valence-electron chi connectivity index (χ0n) is 11.4. The Balaban J connectivity index is 2.18. The smallest absolute Gasteiger partial charge is 0.407 e. The van der Waals surface area contributed by atoms with Gasteiger partial charge in [0.05, 0.1) is 25.1 Å². The van der Waals surface area contributed by atoms with Crippen LogP contribution in [0.25, 0.3) is 0 Å². The molecule has 0 bridgehead atoms. The summed E-state index contributed by atoms with van der Waals surface area (Å²) < 4.78 is 32.7. The largest absolute Gasteiger partial charge is 0.465 e. The van der Waals surface area contributed by atoms with Crippen LogP contribution >= 0.6 is 0 Å². The first-order valence-electron chi connectivity index (χ1n) is 6.39. The quantitative estimate of drug-likeness (QED) is 0.852. The first kappa shape index (κ1) is 15.2. The van der Waals surface area contributed by atoms with E-state index in [1.54, 1.807) is 0 Å². The number of carbonyl (C=O) groups is 2. The molecule has 1 N–H and O–H groups in total. The number of benzene rings is 1. The summed E-state index contributed by atoms with van der Waals surface area (Å²) in [6, 6.07) is 5.78. The molecule has 1 aliphatic rings. The van der Waals surface area contributed by atoms with E-state index < -0.39 is 30.4 Å². The Morgan fingerprint density at radius 1 is 1.33 bits per heavy atom. The van der Waals surface area contributed by atoms with Crippen LogP contribution in [-0.2, 0) is 4.74 Å². The molecule has 0 saturated carbocycles. The summed E-state index contributed by atoms with van der Waals surface area (Å²) in [5.41, 5.74) is 0.672. The minimum absolute atomic E-state index is 0.0386. The number of halogens is 2. The maximum atomic E-state index is 14.1. The summed E-state index contributed by atoms with van der Waals surface area (Å²) in [5, 5.41) is 8.79. The molecule has 1 aromatic rings. The fourth-order valence-corrected chi connectivity index (χ4v) is 2.48. The molecule has 1 aliphatic heterocycles. The second kappa shape index (κ2) is 5.67. The molecule has 1 amide bonds. The minimum atomic E-state index is -3.14. The summed E-state index contributed by atoms with van der Waals surface area (Å²) in [6.07, 6.45) is -1.30. The van der Waals surface area contributed by atoms with Gasteiger partial charge in [-0.1, -0.05) is 12.1 Å². The van der Waals surface area contributed by atoms with Crippen LogP contribution in [0.2, 0.25) is 0 Å². The topological polar surface area (TPSA) is 66.8 Å². The van der Waals surface area contributed by atoms with Crippen molar-refractivity contribution in [3.8, 4) is 0 Å². The second-order valence-electron chi connectivity index (χ2n) is 4.92. The van der Waals surface area contributed by atoms with Gasteiger partial charge in [-0.15, -0.1) is 0 Å². The van der Waals surface area contributed by atoms with E-state index in [0.29, 0.717) is 5.56 Å². The van der Waals surface area contributed by atoms with E-state index in [2.05, 4.69) is 4.74 Å². The van der Waals surface area contributed by atoms with Crippen molar-refractivity contribution in [2.75, 3.05) is 20.2 Å². The van der Waals surface area contributed by atoms with Crippen LogP contribution in [0.1, 0.15) is 28.3 Å². The lowest BCUT2D eigenvalue weighted by molar-refractivity contribution is -0.0761. The van der Waals surface area contributed by atoms with E-state index >= 15 is 0 Å². The first-order chi connectivity index (χ1) is 9.85. The molecule has 2 rings (SSSR count). The van der Waals surface area contributed by atoms with Crippen molar-refractivity contribution >= 4 is 12.1 Å². The van der Waals surface area contributed by atoms with Gasteiger partial charge in [-0.3, -0.25) is 0 Å². The average molecular weight is 299 g/mol. The van der Waals surface area contributed by atoms with Gasteiger partial charge in [0.15, 0.2) is 0 Å². The molecule has 114 valence electrons. The number of esters is 1. The summed E-state index contributed by atoms with van der Waals surface area (Å²) in [6.45, 7) is -0.750. The van der Waals surface area contributed by atoms with E-state index in [0.717, 1.165) is 4.90 Å². The van der Waals surface area contributed by atoms with E-state index in [4.69, 9.17) is 5.11 Å². The molecule has 1 aromatic carbocycles. The monoisotopic (exact) mass is 299 g/mol. The van der Waals surface area contributed by atoms with Gasteiger partial charge in [0.25, 0.3) is 5.92 Å². The predicted molar refractivity (Wildman–Crippen MR) is 69.7 cm³/mol. The van der Waals surface area contributed by atoms with Crippen LogP contribution in [0.4, 0.5) is 13.6 Å². The Hall–Kier alpha value is -2.18. The van der Waals surface area contributed by atoms with Gasteiger partial charge in [-0.25, -0.2) is 18.4 Å². The lowest BCUT2D eigenvalue weighted by atomic mass is 9.86. The average Bonchev–Trinajstić information content (AvgIpc) is 2.45. The van der Waals surface area contributed by atoms with Crippen LogP contribution < -0.4 is 0 Å². The Labute approximate surface area is 120 Å². The highest BCUT2D eigenvalue weighted by atomic mass is 19.3. The predicted octanol–water partition coefficient (Wildman–Crippen LogP) is 2.58. The molecule has 5 nitrogen and oxygen atoms in total. The van der Waals surface area contributed by atoms with E-state index in [1.165, 1.54) is 31.4 Å². The van der Waals surface area contributed by atoms with Crippen molar-refractivity contribution in [2.45, 2.75) is 18.3 Å². The highest BCUT2D eigenvalue weighted by molar-refractivity contribution is 5.89. The zero-order chi connectivity index (χ0) is 15.6. The normalized spacial score (nSPS) is 20.9. The number of hydrogen-bond acceptors (Lipinski definition) is 3. The van der Waals surface area contributed by atoms with Gasteiger partial charge in [0.2, 0.25) is 0 Å². The molecule has 1 unspecified atom stereocenters. The fourth-order valence-electron chi connectivity index (χ4n) is 2.48. The third-order valence-electron chi connectivity index (χ3n) is 3.60. The number of nitrogens with zero attached hydrogens (tertiary/aromatic N) is 1. The lowest BCUT2D eigenvalue weighted by Gasteiger charge is -2.37. The number of carboxylic acid groups (broad SMARTS) is 1. The Bertz CT molecular complexity index is 544. The maximum absolute atomic E-state index is 14.1. The van der Waals surface area contributed by atoms with Crippen LogP contribution in [0.3, 0.4) is 0 Å². The number of ether oxygens (including phenoxy) is 1. The Kier molecular flexibility index (Phi) is 4.11. The lowest BCUT2D eigenvalue weighted by Crippen LogP contribution is -2.49. The molecule has 0 aliphatic carbocycles. The summed E-state index contributed by atoms with van der Waals surface area (Å²) in [7, 11) is 1.24. The third-order valence-corrected chi connectivity index (χ3v) is 3.60. The summed E-state index contributed by atoms with van der Waals surface area (Å²) >= 11 is 0. The highest BCUT2D eigenvalue weighted by Crippen LogP contribution is 2.40. The molecule has 1 fully saturated rings. The number of carbonyl (C=O) groups excluding carboxylic acids is 1. The Morgan fingerprint density at radius 3 is 2.43 bits per heavy atom. The van der Waals surface area contributed by atoms with E-state index in [-0.39, 0.29) is 18.5 Å². The molecular weight excluding hydrogens is 284 g/mol. The summed E-state index contributed by atoms with van der Waals surface area (Å²) in [4.78, 5) is 22.8. The van der Waals surface area contributed by atoms with Crippen LogP contribution in [0.15, 0.2) is 24.3 Å². The first-order valence-corrected chi connectivity index (χ1v) is 6.39. The van der Waals surface area contributed by atoms with E-state index in [9.17, 15) is 18.4 Å². The molecule has 1 atom stereocenters. The SMILES string of the molecule is COC(=O)c1ccc(C2CCN(C(=O)O)CC2(F)F)cc1. The number of rotatable bonds is 2. The van der Waals surface area contributed by atoms with Gasteiger partial charge >= 0.3 is 12.1 Å². The van der Waals surface area contributed by atoms with Crippen LogP contribution in [-0.4, -0.2) is 48.2 Å². The second-order valence-corrected chi connectivity index (χ2v) is 4.92. The zero-order valence-corrected chi connectivity index (χ0v) is 11.4. The third kappa shape index (κ3) is 3.12. The number of hydrogen-bond donors (Lipinski definition) is 1. The molecule has 7 heteroatoms. The molecule has 0 spiro atoms. The minimum Gasteiger partial charge on any atom is -0.465 e. The van der Waals surface area contributed by atoms with Gasteiger partial charge in [-0.2, -0.15) is 0 Å². The molecule has 1 saturated heterocycles. The molecular formula is C14H15F2NO4. The van der Waals surface area contributed by atoms with Crippen molar-refractivity contribution in [1.82, 2.24) is 4.90 Å². The molecule has 1 heterocycles. The number of likely N-dealkylation sites (tertiary alicyclic amines) is 1. The van der Waals surface area contributed by atoms with Crippen LogP contribution in [0, 0.1) is 0 Å². The number of piperidine rings is 1. The van der Waals surface area contributed by atoms with Crippen LogP contribution in [0.5, 0.6) is 0 Å². The molecule has 0 radical (unpaired) electrons. The summed E-state index contributed by atoms with van der Waals surface area (Å²) in [5.74, 6) is -4.72. The number of alkyl halides is 2. The van der Waals surface area contributed by atoms with Crippen molar-refractivity contribution in [1.29, 1.82) is 0 Å². The van der Waals surface area contributed by atoms with Crippen molar-refractivity contribution in [2.24, 2.45) is 0 Å². The van der Waals surface area contributed by atoms with Crippen molar-refractivity contribution in [3.63, 3.8) is 0 Å². The standard InChI is InChI=1S/C14H15F2NO4/c1-21-12(18)10-4-2-9(3-5-10)11-6-7-17(13(19)20)8-14(11,15)16/h2-5,11H,6-8H2,1H3,(H,19,20). The molecule has 21 heavy (non-hydrogen) atoms.